The van der Waals surface area contributed by atoms with E-state index in [4.69, 9.17) is 0 Å². The zero-order valence-corrected chi connectivity index (χ0v) is 50.1. The zero-order valence-electron chi connectivity index (χ0n) is 50.1. The second kappa shape index (κ2) is 62.6. The molecule has 0 aliphatic heterocycles. The predicted molar refractivity (Wildman–Crippen MR) is 325 cm³/mol. The number of amides is 1. The van der Waals surface area contributed by atoms with Crippen molar-refractivity contribution in [3.8, 4) is 0 Å². The highest BCUT2D eigenvalue weighted by Crippen LogP contribution is 2.19. The topological polar surface area (TPSA) is 110 Å². The molecule has 0 aromatic rings. The maximum atomic E-state index is 12.6. The van der Waals surface area contributed by atoms with E-state index in [-0.39, 0.29) is 0 Å². The second-order valence-electron chi connectivity index (χ2n) is 23.5. The first-order valence-corrected chi connectivity index (χ1v) is 33.7. The number of rotatable bonds is 63. The van der Waals surface area contributed by atoms with Crippen molar-refractivity contribution in [2.45, 2.75) is 398 Å². The van der Waals surface area contributed by atoms with E-state index >= 15 is 0 Å². The molecule has 0 spiro atoms. The molecule has 0 radical (unpaired) electrons. The minimum absolute atomic E-state index is 0.365. The lowest BCUT2D eigenvalue weighted by Crippen LogP contribution is -2.53. The van der Waals surface area contributed by atoms with Gasteiger partial charge in [0.1, 0.15) is 12.2 Å². The molecule has 0 saturated carbocycles. The molecule has 0 aromatic carbocycles. The highest BCUT2D eigenvalue weighted by Gasteiger charge is 2.28. The van der Waals surface area contributed by atoms with Crippen LogP contribution in [-0.4, -0.2) is 57.3 Å². The molecule has 4 unspecified atom stereocenters. The average molecular weight is 1040 g/mol. The number of allylic oxidation sites excluding steroid dienone is 4. The van der Waals surface area contributed by atoms with Crippen molar-refractivity contribution in [1.82, 2.24) is 5.32 Å². The Labute approximate surface area is 463 Å². The van der Waals surface area contributed by atoms with E-state index in [9.17, 15) is 25.2 Å². The fraction of sp³-hybridized carbons (Fsp3) is 0.926. The molecule has 440 valence electrons. The highest BCUT2D eigenvalue weighted by atomic mass is 16.3. The number of aliphatic hydroxyl groups excluding tert-OH is 4. The Balaban J connectivity index is 3.58. The molecule has 0 saturated heterocycles. The molecule has 0 heterocycles. The molecular weight excluding hydrogens is 911 g/mol. The van der Waals surface area contributed by atoms with Crippen LogP contribution in [0.5, 0.6) is 0 Å². The Hall–Kier alpha value is -1.21. The van der Waals surface area contributed by atoms with Crippen LogP contribution in [-0.2, 0) is 4.79 Å². The lowest BCUT2D eigenvalue weighted by atomic mass is 10.00. The van der Waals surface area contributed by atoms with Crippen molar-refractivity contribution in [2.75, 3.05) is 6.61 Å². The van der Waals surface area contributed by atoms with Gasteiger partial charge in [0.25, 0.3) is 0 Å². The van der Waals surface area contributed by atoms with E-state index in [1.165, 1.54) is 308 Å². The summed E-state index contributed by atoms with van der Waals surface area (Å²) in [6, 6.07) is -1.00. The van der Waals surface area contributed by atoms with Crippen LogP contribution in [0.3, 0.4) is 0 Å². The molecule has 0 rings (SSSR count). The van der Waals surface area contributed by atoms with Gasteiger partial charge in [-0.2, -0.15) is 0 Å². The van der Waals surface area contributed by atoms with E-state index in [2.05, 4.69) is 43.5 Å². The van der Waals surface area contributed by atoms with Crippen molar-refractivity contribution in [2.24, 2.45) is 0 Å². The van der Waals surface area contributed by atoms with Crippen LogP contribution in [0.1, 0.15) is 373 Å². The lowest BCUT2D eigenvalue weighted by Gasteiger charge is -2.27. The Kier molecular flexibility index (Phi) is 61.6. The molecule has 5 N–H and O–H groups in total. The van der Waals surface area contributed by atoms with Gasteiger partial charge in [-0.25, -0.2) is 0 Å². The van der Waals surface area contributed by atoms with Crippen LogP contribution in [0, 0.1) is 0 Å². The third-order valence-corrected chi connectivity index (χ3v) is 16.1. The van der Waals surface area contributed by atoms with E-state index in [0.717, 1.165) is 38.5 Å². The normalized spacial score (nSPS) is 13.6. The molecule has 0 bridgehead atoms. The zero-order chi connectivity index (χ0) is 53.7. The van der Waals surface area contributed by atoms with Gasteiger partial charge < -0.3 is 25.7 Å². The summed E-state index contributed by atoms with van der Waals surface area (Å²) >= 11 is 0. The summed E-state index contributed by atoms with van der Waals surface area (Å²) in [5.41, 5.74) is 0. The van der Waals surface area contributed by atoms with E-state index in [0.29, 0.717) is 12.8 Å². The summed E-state index contributed by atoms with van der Waals surface area (Å²) in [4.78, 5) is 12.6. The summed E-state index contributed by atoms with van der Waals surface area (Å²) in [5.74, 6) is -0.587. The number of unbranched alkanes of at least 4 members (excludes halogenated alkanes) is 50. The Morgan fingerprint density at radius 3 is 0.811 bits per heavy atom. The van der Waals surface area contributed by atoms with Gasteiger partial charge in [-0.1, -0.05) is 334 Å². The highest BCUT2D eigenvalue weighted by molar-refractivity contribution is 5.80. The quantitative estimate of drug-likeness (QED) is 0.0308. The third kappa shape index (κ3) is 55.5. The van der Waals surface area contributed by atoms with Gasteiger partial charge in [-0.05, 0) is 64.2 Å². The molecular formula is C68H133NO5. The van der Waals surface area contributed by atoms with Gasteiger partial charge in [-0.15, -0.1) is 0 Å². The largest absolute Gasteiger partial charge is 0.394 e. The molecule has 0 aliphatic carbocycles. The number of carbonyl (C=O) groups is 1. The summed E-state index contributed by atoms with van der Waals surface area (Å²) in [6.45, 7) is 4.10. The summed E-state index contributed by atoms with van der Waals surface area (Å²) in [6.07, 6.45) is 78.7. The van der Waals surface area contributed by atoms with Gasteiger partial charge in [0.2, 0.25) is 5.91 Å². The average Bonchev–Trinajstić information content (AvgIpc) is 3.41. The second-order valence-corrected chi connectivity index (χ2v) is 23.5. The van der Waals surface area contributed by atoms with Crippen LogP contribution in [0.15, 0.2) is 24.3 Å². The van der Waals surface area contributed by atoms with Gasteiger partial charge >= 0.3 is 0 Å². The Morgan fingerprint density at radius 1 is 0.324 bits per heavy atom. The third-order valence-electron chi connectivity index (χ3n) is 16.1. The SMILES string of the molecule is CCCCCCCCCCCCCC/C=C\CCCCCCCCCCCCCCC(O)C(=O)NC(CO)C(O)C(O)CCC/C=C/CCCCCCCCCCCCCCCCCCCCCCCCCCC. The fourth-order valence-corrected chi connectivity index (χ4v) is 10.9. The Bertz CT molecular complexity index is 1130. The standard InChI is InChI=1S/C68H133NO5/c1-3-5-7-9-11-13-15-17-19-21-23-25-27-29-31-33-34-36-37-39-41-43-45-47-49-51-53-55-57-59-61-65(71)67(73)64(63-70)69-68(74)66(72)62-60-58-56-54-52-50-48-46-44-42-40-38-35-32-30-28-26-24-22-20-18-16-14-12-10-8-6-4-2/h30,32,53,55,64-67,70-73H,3-29,31,33-52,54,56-63H2,1-2H3,(H,69,74)/b32-30-,55-53+. The summed E-state index contributed by atoms with van der Waals surface area (Å²) in [7, 11) is 0. The molecule has 4 atom stereocenters. The van der Waals surface area contributed by atoms with Crippen molar-refractivity contribution in [1.29, 1.82) is 0 Å². The first-order valence-electron chi connectivity index (χ1n) is 33.7. The van der Waals surface area contributed by atoms with Gasteiger partial charge in [0, 0.05) is 0 Å². The van der Waals surface area contributed by atoms with E-state index < -0.39 is 36.9 Å². The number of aliphatic hydroxyl groups is 4. The van der Waals surface area contributed by atoms with Crippen molar-refractivity contribution in [3.05, 3.63) is 24.3 Å². The van der Waals surface area contributed by atoms with Crippen LogP contribution < -0.4 is 5.32 Å². The molecule has 0 fully saturated rings. The lowest BCUT2D eigenvalue weighted by molar-refractivity contribution is -0.132. The molecule has 0 aliphatic rings. The summed E-state index contributed by atoms with van der Waals surface area (Å²) in [5, 5.41) is 44.2. The number of hydrogen-bond acceptors (Lipinski definition) is 5. The molecule has 6 heteroatoms. The van der Waals surface area contributed by atoms with Crippen LogP contribution in [0.4, 0.5) is 0 Å². The van der Waals surface area contributed by atoms with E-state index in [1.807, 2.05) is 0 Å². The number of nitrogens with one attached hydrogen (secondary N) is 1. The van der Waals surface area contributed by atoms with Gasteiger partial charge in [0.15, 0.2) is 0 Å². The maximum Gasteiger partial charge on any atom is 0.249 e. The van der Waals surface area contributed by atoms with Crippen LogP contribution in [0.2, 0.25) is 0 Å². The molecule has 6 nitrogen and oxygen atoms in total. The van der Waals surface area contributed by atoms with Crippen LogP contribution in [0.25, 0.3) is 0 Å². The van der Waals surface area contributed by atoms with Crippen molar-refractivity contribution < 1.29 is 25.2 Å². The fourth-order valence-electron chi connectivity index (χ4n) is 10.9. The predicted octanol–water partition coefficient (Wildman–Crippen LogP) is 20.5. The van der Waals surface area contributed by atoms with Gasteiger partial charge in [-0.3, -0.25) is 4.79 Å². The minimum atomic E-state index is -1.28. The van der Waals surface area contributed by atoms with Crippen molar-refractivity contribution >= 4 is 5.91 Å². The monoisotopic (exact) mass is 1040 g/mol. The minimum Gasteiger partial charge on any atom is -0.394 e. The molecule has 1 amide bonds. The summed E-state index contributed by atoms with van der Waals surface area (Å²) < 4.78 is 0. The molecule has 0 aromatic heterocycles. The first kappa shape index (κ1) is 72.8. The first-order chi connectivity index (χ1) is 36.5. The van der Waals surface area contributed by atoms with Gasteiger partial charge in [0.05, 0.1) is 18.8 Å². The van der Waals surface area contributed by atoms with Crippen LogP contribution >= 0.6 is 0 Å². The number of carbonyl (C=O) groups excluding carboxylic acids is 1. The van der Waals surface area contributed by atoms with E-state index in [1.54, 1.807) is 0 Å². The number of hydrogen-bond donors (Lipinski definition) is 5. The Morgan fingerprint density at radius 2 is 0.554 bits per heavy atom. The molecule has 74 heavy (non-hydrogen) atoms. The van der Waals surface area contributed by atoms with Crippen molar-refractivity contribution in [3.63, 3.8) is 0 Å². The maximum absolute atomic E-state index is 12.6. The smallest absolute Gasteiger partial charge is 0.249 e.